The summed E-state index contributed by atoms with van der Waals surface area (Å²) < 4.78 is 0. The van der Waals surface area contributed by atoms with Crippen molar-refractivity contribution < 1.29 is 14.4 Å². The Balaban J connectivity index is 1.28. The van der Waals surface area contributed by atoms with Crippen LogP contribution < -0.4 is 10.2 Å². The van der Waals surface area contributed by atoms with Gasteiger partial charge in [0.2, 0.25) is 5.91 Å². The maximum absolute atomic E-state index is 13.6. The van der Waals surface area contributed by atoms with Gasteiger partial charge in [0.1, 0.15) is 5.54 Å². The highest BCUT2D eigenvalue weighted by Crippen LogP contribution is 2.45. The molecule has 0 atom stereocenters. The monoisotopic (exact) mass is 445 g/mol. The number of hydrogen-bond acceptors (Lipinski definition) is 4. The lowest BCUT2D eigenvalue weighted by Gasteiger charge is -2.45. The molecule has 1 saturated carbocycles. The van der Waals surface area contributed by atoms with Gasteiger partial charge in [-0.3, -0.25) is 24.2 Å². The van der Waals surface area contributed by atoms with Crippen LogP contribution in [0.2, 0.25) is 0 Å². The van der Waals surface area contributed by atoms with E-state index in [1.165, 1.54) is 0 Å². The lowest BCUT2D eigenvalue weighted by molar-refractivity contribution is -0.128. The summed E-state index contributed by atoms with van der Waals surface area (Å²) in [6.45, 7) is 3.71. The summed E-state index contributed by atoms with van der Waals surface area (Å²) in [4.78, 5) is 43.6. The number of para-hydroxylation sites is 2. The number of amides is 2. The normalized spacial score (nSPS) is 20.5. The molecular formula is C27H31N3O3. The number of carbonyl (C=O) groups is 3. The van der Waals surface area contributed by atoms with E-state index in [0.29, 0.717) is 31.6 Å². The van der Waals surface area contributed by atoms with Crippen molar-refractivity contribution in [1.82, 2.24) is 4.90 Å². The number of benzene rings is 2. The minimum Gasteiger partial charge on any atom is -0.322 e. The Labute approximate surface area is 194 Å². The summed E-state index contributed by atoms with van der Waals surface area (Å²) in [7, 11) is 0. The van der Waals surface area contributed by atoms with Gasteiger partial charge in [0.25, 0.3) is 5.91 Å². The molecule has 2 aromatic carbocycles. The lowest BCUT2D eigenvalue weighted by atomic mass is 9.88. The fourth-order valence-corrected chi connectivity index (χ4v) is 5.70. The first kappa shape index (κ1) is 21.8. The van der Waals surface area contributed by atoms with Gasteiger partial charge in [-0.2, -0.15) is 0 Å². The van der Waals surface area contributed by atoms with Crippen LogP contribution in [-0.2, 0) is 9.59 Å². The number of carbonyl (C=O) groups excluding carboxylic acids is 3. The van der Waals surface area contributed by atoms with E-state index in [1.807, 2.05) is 55.5 Å². The van der Waals surface area contributed by atoms with Crippen LogP contribution in [-0.4, -0.2) is 47.7 Å². The van der Waals surface area contributed by atoms with E-state index in [0.717, 1.165) is 42.5 Å². The van der Waals surface area contributed by atoms with E-state index in [2.05, 4.69) is 10.2 Å². The zero-order valence-electron chi connectivity index (χ0n) is 19.2. The molecule has 6 heteroatoms. The van der Waals surface area contributed by atoms with Crippen molar-refractivity contribution in [3.05, 3.63) is 59.7 Å². The number of nitrogens with one attached hydrogen (secondary N) is 1. The predicted molar refractivity (Wildman–Crippen MR) is 128 cm³/mol. The van der Waals surface area contributed by atoms with Crippen molar-refractivity contribution in [2.75, 3.05) is 29.9 Å². The zero-order valence-corrected chi connectivity index (χ0v) is 19.2. The smallest absolute Gasteiger partial charge is 0.250 e. The molecule has 6 nitrogen and oxygen atoms in total. The number of rotatable bonds is 4. The van der Waals surface area contributed by atoms with Gasteiger partial charge in [0, 0.05) is 11.5 Å². The molecule has 3 aliphatic rings. The van der Waals surface area contributed by atoms with Crippen molar-refractivity contribution in [1.29, 1.82) is 0 Å². The third-order valence-corrected chi connectivity index (χ3v) is 7.58. The predicted octanol–water partition coefficient (Wildman–Crippen LogP) is 4.19. The molecule has 2 amide bonds. The van der Waals surface area contributed by atoms with Gasteiger partial charge in [0.05, 0.1) is 17.9 Å². The van der Waals surface area contributed by atoms with Crippen molar-refractivity contribution in [2.45, 2.75) is 51.0 Å². The molecule has 172 valence electrons. The van der Waals surface area contributed by atoms with E-state index >= 15 is 0 Å². The van der Waals surface area contributed by atoms with Gasteiger partial charge >= 0.3 is 0 Å². The van der Waals surface area contributed by atoms with E-state index in [1.54, 1.807) is 4.90 Å². The third-order valence-electron chi connectivity index (χ3n) is 7.58. The molecule has 5 rings (SSSR count). The van der Waals surface area contributed by atoms with Crippen LogP contribution in [0.1, 0.15) is 54.4 Å². The Morgan fingerprint density at radius 1 is 1.00 bits per heavy atom. The quantitative estimate of drug-likeness (QED) is 0.717. The fourth-order valence-electron chi connectivity index (χ4n) is 5.70. The second-order valence-corrected chi connectivity index (χ2v) is 9.72. The zero-order chi connectivity index (χ0) is 23.0. The maximum Gasteiger partial charge on any atom is 0.250 e. The summed E-state index contributed by atoms with van der Waals surface area (Å²) >= 11 is 0. The molecule has 2 aliphatic heterocycles. The van der Waals surface area contributed by atoms with Crippen LogP contribution >= 0.6 is 0 Å². The van der Waals surface area contributed by atoms with E-state index < -0.39 is 5.54 Å². The van der Waals surface area contributed by atoms with Gasteiger partial charge in [-0.05, 0) is 57.8 Å². The number of ketones is 1. The second kappa shape index (κ2) is 8.75. The highest BCUT2D eigenvalue weighted by molar-refractivity contribution is 6.15. The average molecular weight is 446 g/mol. The highest BCUT2D eigenvalue weighted by Gasteiger charge is 2.52. The third kappa shape index (κ3) is 3.97. The molecule has 33 heavy (non-hydrogen) atoms. The van der Waals surface area contributed by atoms with E-state index in [4.69, 9.17) is 0 Å². The van der Waals surface area contributed by atoms with Crippen molar-refractivity contribution in [2.24, 2.45) is 5.92 Å². The first-order chi connectivity index (χ1) is 16.0. The molecule has 1 aliphatic carbocycles. The molecule has 0 bridgehead atoms. The maximum atomic E-state index is 13.6. The Kier molecular flexibility index (Phi) is 5.79. The summed E-state index contributed by atoms with van der Waals surface area (Å²) in [5, 5.41) is 3.03. The Morgan fingerprint density at radius 2 is 1.67 bits per heavy atom. The van der Waals surface area contributed by atoms with Crippen molar-refractivity contribution >= 4 is 29.0 Å². The molecule has 2 heterocycles. The number of hydrogen-bond donors (Lipinski definition) is 1. The Morgan fingerprint density at radius 3 is 2.36 bits per heavy atom. The van der Waals surface area contributed by atoms with E-state index in [9.17, 15) is 14.4 Å². The number of anilines is 2. The molecular weight excluding hydrogens is 414 g/mol. The van der Waals surface area contributed by atoms with E-state index in [-0.39, 0.29) is 30.1 Å². The highest BCUT2D eigenvalue weighted by atomic mass is 16.2. The van der Waals surface area contributed by atoms with Gasteiger partial charge in [-0.25, -0.2) is 0 Å². The molecule has 0 radical (unpaired) electrons. The van der Waals surface area contributed by atoms with Crippen LogP contribution in [0.4, 0.5) is 11.4 Å². The lowest BCUT2D eigenvalue weighted by Crippen LogP contribution is -2.62. The summed E-state index contributed by atoms with van der Waals surface area (Å²) in [6.07, 6.45) is 4.81. The number of nitrogens with zero attached hydrogens (tertiary/aromatic N) is 2. The minimum atomic E-state index is -0.773. The molecule has 1 saturated heterocycles. The van der Waals surface area contributed by atoms with Gasteiger partial charge in [0.15, 0.2) is 5.78 Å². The van der Waals surface area contributed by atoms with Crippen LogP contribution in [0.5, 0.6) is 0 Å². The molecule has 1 N–H and O–H groups in total. The second-order valence-electron chi connectivity index (χ2n) is 9.72. The Bertz CT molecular complexity index is 1060. The molecule has 1 spiro atoms. The van der Waals surface area contributed by atoms with Crippen LogP contribution in [0, 0.1) is 12.8 Å². The topological polar surface area (TPSA) is 69.7 Å². The van der Waals surface area contributed by atoms with Gasteiger partial charge < -0.3 is 5.32 Å². The SMILES string of the molecule is Cc1ccc(C(=O)C2CCN(CC(=O)N3c4ccccc4NC(=O)C34CCCC4)CC2)cc1. The molecule has 0 unspecified atom stereocenters. The molecule has 0 aromatic heterocycles. The van der Waals surface area contributed by atoms with Crippen LogP contribution in [0.25, 0.3) is 0 Å². The van der Waals surface area contributed by atoms with Crippen molar-refractivity contribution in [3.63, 3.8) is 0 Å². The minimum absolute atomic E-state index is 0.00160. The van der Waals surface area contributed by atoms with Gasteiger partial charge in [-0.1, -0.05) is 54.8 Å². The fraction of sp³-hybridized carbons (Fsp3) is 0.444. The summed E-state index contributed by atoms with van der Waals surface area (Å²) in [5.41, 5.74) is 2.65. The number of likely N-dealkylation sites (tertiary alicyclic amines) is 1. The first-order valence-electron chi connectivity index (χ1n) is 12.0. The van der Waals surface area contributed by atoms with Crippen LogP contribution in [0.3, 0.4) is 0 Å². The molecule has 2 fully saturated rings. The number of aryl methyl sites for hydroxylation is 1. The Hall–Kier alpha value is -2.99. The number of Topliss-reactive ketones (excluding diaryl/α,β-unsaturated/α-hetero) is 1. The number of fused-ring (bicyclic) bond motifs is 1. The summed E-state index contributed by atoms with van der Waals surface area (Å²) in [6, 6.07) is 15.4. The van der Waals surface area contributed by atoms with Gasteiger partial charge in [-0.15, -0.1) is 0 Å². The number of piperidine rings is 1. The largest absolute Gasteiger partial charge is 0.322 e. The average Bonchev–Trinajstić information content (AvgIpc) is 3.31. The molecule has 2 aromatic rings. The first-order valence-corrected chi connectivity index (χ1v) is 12.0. The van der Waals surface area contributed by atoms with Crippen LogP contribution in [0.15, 0.2) is 48.5 Å². The van der Waals surface area contributed by atoms with Crippen molar-refractivity contribution in [3.8, 4) is 0 Å². The standard InChI is InChI=1S/C27H31N3O3/c1-19-8-10-20(11-9-19)25(32)21-12-16-29(17-13-21)18-24(31)30-23-7-3-2-6-22(23)28-26(33)27(30)14-4-5-15-27/h2-3,6-11,21H,4-5,12-18H2,1H3,(H,28,33). The summed E-state index contributed by atoms with van der Waals surface area (Å²) in [5.74, 6) is 0.117.